The van der Waals surface area contributed by atoms with Crippen molar-refractivity contribution in [3.8, 4) is 0 Å². The number of hydrogen-bond acceptors (Lipinski definition) is 3. The molecule has 0 bridgehead atoms. The number of halogens is 2. The smallest absolute Gasteiger partial charge is 0.129 e. The van der Waals surface area contributed by atoms with E-state index >= 15 is 0 Å². The molecule has 112 valence electrons. The highest BCUT2D eigenvalue weighted by Gasteiger charge is 2.31. The fourth-order valence-electron chi connectivity index (χ4n) is 2.83. The van der Waals surface area contributed by atoms with Gasteiger partial charge in [0.1, 0.15) is 11.6 Å². The van der Waals surface area contributed by atoms with Gasteiger partial charge in [-0.15, -0.1) is 0 Å². The Morgan fingerprint density at radius 2 is 2.00 bits per heavy atom. The van der Waals surface area contributed by atoms with Crippen molar-refractivity contribution in [1.82, 2.24) is 5.43 Å². The molecule has 0 aromatic heterocycles. The van der Waals surface area contributed by atoms with Crippen LogP contribution in [-0.4, -0.2) is 18.8 Å². The van der Waals surface area contributed by atoms with Crippen LogP contribution in [0.4, 0.5) is 8.78 Å². The van der Waals surface area contributed by atoms with Gasteiger partial charge in [0.05, 0.1) is 6.10 Å². The van der Waals surface area contributed by atoms with Gasteiger partial charge in [-0.25, -0.2) is 8.78 Å². The molecular weight excluding hydrogens is 262 g/mol. The van der Waals surface area contributed by atoms with Gasteiger partial charge in [0, 0.05) is 18.2 Å². The van der Waals surface area contributed by atoms with Crippen molar-refractivity contribution in [1.29, 1.82) is 0 Å². The lowest BCUT2D eigenvalue weighted by Gasteiger charge is -2.37. The maximum absolute atomic E-state index is 13.6. The maximum atomic E-state index is 13.6. The summed E-state index contributed by atoms with van der Waals surface area (Å²) in [7, 11) is 0. The second-order valence-electron chi connectivity index (χ2n) is 5.42. The van der Waals surface area contributed by atoms with Crippen molar-refractivity contribution in [2.24, 2.45) is 11.8 Å². The number of nitrogens with one attached hydrogen (secondary N) is 1. The van der Waals surface area contributed by atoms with Gasteiger partial charge in [0.2, 0.25) is 0 Å². The Hall–Kier alpha value is -1.04. The molecule has 3 N–H and O–H groups in total. The zero-order valence-electron chi connectivity index (χ0n) is 11.7. The van der Waals surface area contributed by atoms with E-state index in [1.165, 1.54) is 18.2 Å². The van der Waals surface area contributed by atoms with Crippen LogP contribution >= 0.6 is 0 Å². The minimum Gasteiger partial charge on any atom is -0.378 e. The predicted octanol–water partition coefficient (Wildman–Crippen LogP) is 2.54. The predicted molar refractivity (Wildman–Crippen MR) is 73.9 cm³/mol. The largest absolute Gasteiger partial charge is 0.378 e. The highest BCUT2D eigenvalue weighted by molar-refractivity contribution is 5.20. The molecule has 0 amide bonds. The van der Waals surface area contributed by atoms with Crippen LogP contribution in [0, 0.1) is 17.6 Å². The molecule has 1 unspecified atom stereocenters. The van der Waals surface area contributed by atoms with Crippen molar-refractivity contribution < 1.29 is 13.5 Å². The minimum atomic E-state index is -0.508. The van der Waals surface area contributed by atoms with Crippen LogP contribution in [0.15, 0.2) is 18.2 Å². The molecule has 1 aliphatic rings. The first-order valence-electron chi connectivity index (χ1n) is 7.14. The molecule has 1 fully saturated rings. The quantitative estimate of drug-likeness (QED) is 0.597. The minimum absolute atomic E-state index is 0.108. The Morgan fingerprint density at radius 1 is 1.35 bits per heavy atom. The Balaban J connectivity index is 1.87. The molecular formula is C15H22F2N2O. The van der Waals surface area contributed by atoms with Gasteiger partial charge in [0.25, 0.3) is 0 Å². The molecule has 1 aliphatic carbocycles. The van der Waals surface area contributed by atoms with Gasteiger partial charge < -0.3 is 4.74 Å². The van der Waals surface area contributed by atoms with Crippen LogP contribution < -0.4 is 11.3 Å². The van der Waals surface area contributed by atoms with Gasteiger partial charge in [-0.2, -0.15) is 0 Å². The second-order valence-corrected chi connectivity index (χ2v) is 5.42. The molecule has 20 heavy (non-hydrogen) atoms. The molecule has 1 atom stereocenters. The highest BCUT2D eigenvalue weighted by atomic mass is 19.1. The third kappa shape index (κ3) is 3.75. The zero-order chi connectivity index (χ0) is 14.5. The van der Waals surface area contributed by atoms with E-state index in [9.17, 15) is 8.78 Å². The Bertz CT molecular complexity index is 416. The van der Waals surface area contributed by atoms with Crippen LogP contribution in [0.1, 0.15) is 31.7 Å². The molecule has 3 nitrogen and oxygen atoms in total. The molecule has 0 spiro atoms. The van der Waals surface area contributed by atoms with Gasteiger partial charge in [-0.05, 0) is 50.7 Å². The third-order valence-electron chi connectivity index (χ3n) is 3.96. The van der Waals surface area contributed by atoms with E-state index in [0.717, 1.165) is 25.9 Å². The SMILES string of the molecule is CCOC1CC(CC(Cc2c(F)cccc2F)NN)C1. The van der Waals surface area contributed by atoms with Crippen LogP contribution in [0.3, 0.4) is 0 Å². The van der Waals surface area contributed by atoms with Crippen molar-refractivity contribution >= 4 is 0 Å². The van der Waals surface area contributed by atoms with E-state index in [1.54, 1.807) is 0 Å². The van der Waals surface area contributed by atoms with Crippen LogP contribution in [0.5, 0.6) is 0 Å². The summed E-state index contributed by atoms with van der Waals surface area (Å²) in [6.45, 7) is 2.72. The molecule has 1 aromatic rings. The summed E-state index contributed by atoms with van der Waals surface area (Å²) >= 11 is 0. The van der Waals surface area contributed by atoms with E-state index in [0.29, 0.717) is 12.0 Å². The van der Waals surface area contributed by atoms with Crippen molar-refractivity contribution in [2.75, 3.05) is 6.61 Å². The molecule has 0 saturated heterocycles. The summed E-state index contributed by atoms with van der Waals surface area (Å²) in [6, 6.07) is 3.81. The molecule has 1 aromatic carbocycles. The number of hydrogen-bond donors (Lipinski definition) is 2. The maximum Gasteiger partial charge on any atom is 0.129 e. The standard InChI is InChI=1S/C15H22F2N2O/c1-2-20-12-7-10(8-12)6-11(19-18)9-13-14(16)4-3-5-15(13)17/h3-5,10-12,19H,2,6-9,18H2,1H3. The van der Waals surface area contributed by atoms with Crippen LogP contribution in [0.2, 0.25) is 0 Å². The molecule has 0 radical (unpaired) electrons. The number of nitrogens with two attached hydrogens (primary N) is 1. The van der Waals surface area contributed by atoms with E-state index in [2.05, 4.69) is 5.43 Å². The van der Waals surface area contributed by atoms with Crippen molar-refractivity contribution in [2.45, 2.75) is 44.8 Å². The number of hydrazine groups is 1. The zero-order valence-corrected chi connectivity index (χ0v) is 11.7. The summed E-state index contributed by atoms with van der Waals surface area (Å²) in [5.41, 5.74) is 2.78. The van der Waals surface area contributed by atoms with E-state index in [-0.39, 0.29) is 18.0 Å². The first-order valence-corrected chi connectivity index (χ1v) is 7.14. The fourth-order valence-corrected chi connectivity index (χ4v) is 2.83. The lowest BCUT2D eigenvalue weighted by molar-refractivity contribution is -0.0290. The lowest BCUT2D eigenvalue weighted by Crippen LogP contribution is -2.42. The average molecular weight is 284 g/mol. The number of rotatable bonds is 7. The summed E-state index contributed by atoms with van der Waals surface area (Å²) < 4.78 is 32.7. The molecule has 2 rings (SSSR count). The third-order valence-corrected chi connectivity index (χ3v) is 3.96. The molecule has 1 saturated carbocycles. The number of ether oxygens (including phenoxy) is 1. The molecule has 0 heterocycles. The topological polar surface area (TPSA) is 47.3 Å². The summed E-state index contributed by atoms with van der Waals surface area (Å²) in [5.74, 6) is 5.01. The Morgan fingerprint density at radius 3 is 2.55 bits per heavy atom. The van der Waals surface area contributed by atoms with E-state index < -0.39 is 11.6 Å². The van der Waals surface area contributed by atoms with Crippen LogP contribution in [-0.2, 0) is 11.2 Å². The Kier molecular flexibility index (Phi) is 5.46. The van der Waals surface area contributed by atoms with Crippen molar-refractivity contribution in [3.05, 3.63) is 35.4 Å². The average Bonchev–Trinajstić information content (AvgIpc) is 2.38. The normalized spacial score (nSPS) is 23.4. The second kappa shape index (κ2) is 7.11. The Labute approximate surface area is 118 Å². The molecule has 0 aliphatic heterocycles. The monoisotopic (exact) mass is 284 g/mol. The summed E-state index contributed by atoms with van der Waals surface area (Å²) in [5, 5.41) is 0. The summed E-state index contributed by atoms with van der Waals surface area (Å²) in [6.07, 6.45) is 3.43. The van der Waals surface area contributed by atoms with Gasteiger partial charge in [-0.3, -0.25) is 11.3 Å². The van der Waals surface area contributed by atoms with E-state index in [4.69, 9.17) is 10.6 Å². The van der Waals surface area contributed by atoms with Gasteiger partial charge in [-0.1, -0.05) is 6.07 Å². The number of benzene rings is 1. The van der Waals surface area contributed by atoms with Gasteiger partial charge >= 0.3 is 0 Å². The van der Waals surface area contributed by atoms with Crippen molar-refractivity contribution in [3.63, 3.8) is 0 Å². The van der Waals surface area contributed by atoms with E-state index in [1.807, 2.05) is 6.92 Å². The first kappa shape index (κ1) is 15.4. The van der Waals surface area contributed by atoms with Crippen LogP contribution in [0.25, 0.3) is 0 Å². The summed E-state index contributed by atoms with van der Waals surface area (Å²) in [4.78, 5) is 0. The lowest BCUT2D eigenvalue weighted by atomic mass is 9.77. The highest BCUT2D eigenvalue weighted by Crippen LogP contribution is 2.34. The first-order chi connectivity index (χ1) is 9.63. The fraction of sp³-hybridized carbons (Fsp3) is 0.600. The molecule has 5 heteroatoms. The van der Waals surface area contributed by atoms with Gasteiger partial charge in [0.15, 0.2) is 0 Å².